The highest BCUT2D eigenvalue weighted by Gasteiger charge is 2.25. The fourth-order valence-electron chi connectivity index (χ4n) is 3.22. The molecule has 0 aromatic heterocycles. The zero-order valence-corrected chi connectivity index (χ0v) is 19.9. The molecule has 1 aliphatic rings. The van der Waals surface area contributed by atoms with Crippen molar-refractivity contribution >= 4 is 21.6 Å². The van der Waals surface area contributed by atoms with Gasteiger partial charge in [0.25, 0.3) is 5.91 Å². The second-order valence-corrected chi connectivity index (χ2v) is 10.7. The molecule has 1 saturated heterocycles. The van der Waals surface area contributed by atoms with E-state index in [1.165, 1.54) is 6.07 Å². The van der Waals surface area contributed by atoms with E-state index in [0.29, 0.717) is 30.9 Å². The van der Waals surface area contributed by atoms with Crippen LogP contribution in [0.4, 0.5) is 5.69 Å². The molecule has 1 aromatic carbocycles. The molecule has 0 radical (unpaired) electrons. The van der Waals surface area contributed by atoms with E-state index < -0.39 is 15.6 Å². The van der Waals surface area contributed by atoms with Gasteiger partial charge in [-0.15, -0.1) is 0 Å². The fourth-order valence-corrected chi connectivity index (χ4v) is 4.71. The predicted octanol–water partition coefficient (Wildman–Crippen LogP) is 2.92. The molecule has 0 bridgehead atoms. The molecule has 2 N–H and O–H groups in total. The lowest BCUT2D eigenvalue weighted by Crippen LogP contribution is -2.40. The van der Waals surface area contributed by atoms with Crippen molar-refractivity contribution in [2.75, 3.05) is 45.1 Å². The number of hydrogen-bond donors (Lipinski definition) is 2. The van der Waals surface area contributed by atoms with Crippen LogP contribution in [0, 0.1) is 0 Å². The Hall–Kier alpha value is -1.90. The zero-order chi connectivity index (χ0) is 22.5. The zero-order valence-electron chi connectivity index (χ0n) is 19.1. The number of anilines is 1. The average Bonchev–Trinajstić information content (AvgIpc) is 2.87. The minimum absolute atomic E-state index is 0.0934. The number of carbonyl (C=O) groups excluding carboxylic acids is 1. The maximum absolute atomic E-state index is 13.2. The van der Waals surface area contributed by atoms with Crippen LogP contribution in [0.15, 0.2) is 34.7 Å². The number of likely N-dealkylation sites (N-methyl/N-ethyl adjacent to an activating group) is 1. The Bertz CT molecular complexity index is 888. The normalized spacial score (nSPS) is 17.0. The number of sulfonamides is 1. The fraction of sp³-hybridized carbons (Fsp3) is 0.591. The van der Waals surface area contributed by atoms with Crippen molar-refractivity contribution in [3.8, 4) is 0 Å². The van der Waals surface area contributed by atoms with E-state index in [1.54, 1.807) is 32.9 Å². The molecule has 0 aliphatic carbocycles. The number of amides is 1. The monoisotopic (exact) mass is 436 g/mol. The molecule has 7 nitrogen and oxygen atoms in total. The maximum Gasteiger partial charge on any atom is 0.254 e. The van der Waals surface area contributed by atoms with Crippen molar-refractivity contribution in [2.45, 2.75) is 51.5 Å². The molecule has 8 heteroatoms. The Kier molecular flexibility index (Phi) is 8.07. The molecule has 2 rings (SSSR count). The van der Waals surface area contributed by atoms with Crippen LogP contribution in [0.2, 0.25) is 0 Å². The number of benzene rings is 1. The van der Waals surface area contributed by atoms with Gasteiger partial charge in [-0.25, -0.2) is 13.1 Å². The first-order valence-corrected chi connectivity index (χ1v) is 11.9. The van der Waals surface area contributed by atoms with E-state index in [9.17, 15) is 13.2 Å². The Morgan fingerprint density at radius 3 is 2.47 bits per heavy atom. The number of rotatable bonds is 6. The van der Waals surface area contributed by atoms with E-state index in [4.69, 9.17) is 0 Å². The molecule has 30 heavy (non-hydrogen) atoms. The van der Waals surface area contributed by atoms with Crippen molar-refractivity contribution in [1.82, 2.24) is 14.5 Å². The average molecular weight is 437 g/mol. The molecule has 1 heterocycles. The van der Waals surface area contributed by atoms with Crippen LogP contribution >= 0.6 is 0 Å². The molecule has 1 aromatic rings. The number of hydrogen-bond acceptors (Lipinski definition) is 5. The van der Waals surface area contributed by atoms with E-state index in [1.807, 2.05) is 31.9 Å². The van der Waals surface area contributed by atoms with Gasteiger partial charge in [-0.2, -0.15) is 0 Å². The van der Waals surface area contributed by atoms with Gasteiger partial charge in [0.1, 0.15) is 0 Å². The highest BCUT2D eigenvalue weighted by Crippen LogP contribution is 2.22. The molecule has 168 valence electrons. The summed E-state index contributed by atoms with van der Waals surface area (Å²) in [6.45, 7) is 13.0. The highest BCUT2D eigenvalue weighted by atomic mass is 32.2. The third kappa shape index (κ3) is 7.11. The van der Waals surface area contributed by atoms with Gasteiger partial charge in [-0.05, 0) is 72.8 Å². The second kappa shape index (κ2) is 9.94. The Morgan fingerprint density at radius 2 is 1.83 bits per heavy atom. The van der Waals surface area contributed by atoms with Gasteiger partial charge in [0, 0.05) is 43.0 Å². The number of nitrogens with zero attached hydrogens (tertiary/aromatic N) is 2. The molecule has 1 aliphatic heterocycles. The van der Waals surface area contributed by atoms with Gasteiger partial charge in [0.15, 0.2) is 0 Å². The minimum atomic E-state index is -3.77. The van der Waals surface area contributed by atoms with Crippen LogP contribution in [0.3, 0.4) is 0 Å². The number of allylic oxidation sites excluding steroid dienone is 1. The molecule has 1 amide bonds. The van der Waals surface area contributed by atoms with Crippen LogP contribution < -0.4 is 10.0 Å². The van der Waals surface area contributed by atoms with Crippen molar-refractivity contribution < 1.29 is 13.2 Å². The lowest BCUT2D eigenvalue weighted by atomic mass is 10.1. The number of nitrogens with one attached hydrogen (secondary N) is 2. The summed E-state index contributed by atoms with van der Waals surface area (Å²) in [6.07, 6.45) is 2.89. The first kappa shape index (κ1) is 24.4. The van der Waals surface area contributed by atoms with E-state index in [2.05, 4.69) is 14.9 Å². The standard InChI is InChI=1S/C22H36N4O3S/c1-7-17(2)16-23-19-13-18(21(27)26-10-8-9-25(6)11-12-26)14-20(15-19)30(28,29)24-22(3,4)5/h7,13-15,23-24H,8-12,16H2,1-6H3/b17-7+. The summed E-state index contributed by atoms with van der Waals surface area (Å²) in [7, 11) is -1.72. The molecule has 0 atom stereocenters. The number of carbonyl (C=O) groups is 1. The third-order valence-corrected chi connectivity index (χ3v) is 6.71. The van der Waals surface area contributed by atoms with Crippen molar-refractivity contribution in [3.05, 3.63) is 35.4 Å². The van der Waals surface area contributed by atoms with E-state index >= 15 is 0 Å². The quantitative estimate of drug-likeness (QED) is 0.670. The Labute approximate surface area is 181 Å². The van der Waals surface area contributed by atoms with E-state index in [0.717, 1.165) is 25.1 Å². The summed E-state index contributed by atoms with van der Waals surface area (Å²) < 4.78 is 28.6. The van der Waals surface area contributed by atoms with Gasteiger partial charge < -0.3 is 15.1 Å². The topological polar surface area (TPSA) is 81.8 Å². The van der Waals surface area contributed by atoms with Gasteiger partial charge in [-0.1, -0.05) is 11.6 Å². The van der Waals surface area contributed by atoms with Crippen LogP contribution in [-0.2, 0) is 10.0 Å². The van der Waals surface area contributed by atoms with Gasteiger partial charge in [-0.3, -0.25) is 4.79 Å². The predicted molar refractivity (Wildman–Crippen MR) is 122 cm³/mol. The van der Waals surface area contributed by atoms with Crippen molar-refractivity contribution in [2.24, 2.45) is 0 Å². The summed E-state index contributed by atoms with van der Waals surface area (Å²) in [5, 5.41) is 3.25. The minimum Gasteiger partial charge on any atom is -0.381 e. The van der Waals surface area contributed by atoms with Gasteiger partial charge in [0.05, 0.1) is 4.90 Å². The highest BCUT2D eigenvalue weighted by molar-refractivity contribution is 7.89. The van der Waals surface area contributed by atoms with Crippen molar-refractivity contribution in [1.29, 1.82) is 0 Å². The first-order chi connectivity index (χ1) is 13.9. The maximum atomic E-state index is 13.2. The molecule has 0 unspecified atom stereocenters. The van der Waals surface area contributed by atoms with Crippen LogP contribution in [0.25, 0.3) is 0 Å². The molecule has 1 fully saturated rings. The third-order valence-electron chi connectivity index (χ3n) is 4.98. The smallest absolute Gasteiger partial charge is 0.254 e. The van der Waals surface area contributed by atoms with Crippen LogP contribution in [0.5, 0.6) is 0 Å². The van der Waals surface area contributed by atoms with Crippen LogP contribution in [0.1, 0.15) is 51.4 Å². The second-order valence-electron chi connectivity index (χ2n) is 9.04. The molecule has 0 saturated carbocycles. The summed E-state index contributed by atoms with van der Waals surface area (Å²) >= 11 is 0. The largest absolute Gasteiger partial charge is 0.381 e. The summed E-state index contributed by atoms with van der Waals surface area (Å²) in [5.41, 5.74) is 1.50. The lowest BCUT2D eigenvalue weighted by Gasteiger charge is -2.23. The Morgan fingerprint density at radius 1 is 1.13 bits per heavy atom. The molecular weight excluding hydrogens is 400 g/mol. The van der Waals surface area contributed by atoms with Gasteiger partial charge >= 0.3 is 0 Å². The molecular formula is C22H36N4O3S. The Balaban J connectivity index is 2.41. The van der Waals surface area contributed by atoms with Crippen LogP contribution in [-0.4, -0.2) is 69.4 Å². The summed E-state index contributed by atoms with van der Waals surface area (Å²) in [5.74, 6) is -0.135. The lowest BCUT2D eigenvalue weighted by molar-refractivity contribution is 0.0762. The van der Waals surface area contributed by atoms with Gasteiger partial charge in [0.2, 0.25) is 10.0 Å². The van der Waals surface area contributed by atoms with Crippen molar-refractivity contribution in [3.63, 3.8) is 0 Å². The summed E-state index contributed by atoms with van der Waals surface area (Å²) in [4.78, 5) is 17.3. The SMILES string of the molecule is C/C=C(\C)CNc1cc(C(=O)N2CCCN(C)CC2)cc(S(=O)(=O)NC(C)(C)C)c1. The molecule has 0 spiro atoms. The first-order valence-electron chi connectivity index (χ1n) is 10.4. The van der Waals surface area contributed by atoms with E-state index in [-0.39, 0.29) is 10.8 Å². The summed E-state index contributed by atoms with van der Waals surface area (Å²) in [6, 6.07) is 4.82.